The molecule has 0 bridgehead atoms. The van der Waals surface area contributed by atoms with Gasteiger partial charge in [-0.3, -0.25) is 9.59 Å². The van der Waals surface area contributed by atoms with Gasteiger partial charge >= 0.3 is 0 Å². The number of carbonyl (C=O) groups is 2. The third-order valence-corrected chi connectivity index (χ3v) is 3.93. The van der Waals surface area contributed by atoms with Gasteiger partial charge in [-0.2, -0.15) is 0 Å². The van der Waals surface area contributed by atoms with Crippen molar-refractivity contribution in [1.82, 2.24) is 0 Å². The number of nitrogens with one attached hydrogen (secondary N) is 1. The molecule has 23 heavy (non-hydrogen) atoms. The third-order valence-electron chi connectivity index (χ3n) is 3.93. The monoisotopic (exact) mass is 312 g/mol. The lowest BCUT2D eigenvalue weighted by molar-refractivity contribution is -0.121. The van der Waals surface area contributed by atoms with Crippen molar-refractivity contribution in [1.29, 1.82) is 0 Å². The Labute approximate surface area is 133 Å². The lowest BCUT2D eigenvalue weighted by Gasteiger charge is -2.16. The second kappa shape index (κ2) is 6.20. The van der Waals surface area contributed by atoms with Crippen LogP contribution in [-0.2, 0) is 16.0 Å². The molecule has 2 aromatic carbocycles. The number of nitrogens with zero attached hydrogens (tertiary/aromatic N) is 1. The molecule has 1 N–H and O–H groups in total. The van der Waals surface area contributed by atoms with Crippen molar-refractivity contribution in [3.8, 4) is 0 Å². The predicted octanol–water partition coefficient (Wildman–Crippen LogP) is 3.13. The second-order valence-electron chi connectivity index (χ2n) is 5.50. The van der Waals surface area contributed by atoms with E-state index in [1.807, 2.05) is 19.1 Å². The number of benzene rings is 2. The molecule has 1 aliphatic heterocycles. The van der Waals surface area contributed by atoms with Crippen LogP contribution in [0, 0.1) is 5.82 Å². The maximum absolute atomic E-state index is 12.9. The van der Waals surface area contributed by atoms with Gasteiger partial charge in [0.05, 0.1) is 12.1 Å². The van der Waals surface area contributed by atoms with Crippen LogP contribution in [0.3, 0.4) is 0 Å². The quantitative estimate of drug-likeness (QED) is 0.882. The molecule has 3 rings (SSSR count). The number of rotatable bonds is 4. The molecule has 1 aliphatic rings. The lowest BCUT2D eigenvalue weighted by atomic mass is 10.1. The lowest BCUT2D eigenvalue weighted by Crippen LogP contribution is -2.34. The van der Waals surface area contributed by atoms with Crippen LogP contribution in [0.5, 0.6) is 0 Å². The highest BCUT2D eigenvalue weighted by Crippen LogP contribution is 2.25. The SMILES string of the molecule is CCc1ccc(N2C(=O)C[C@H](Nc3ccc(F)cc3)C2=O)cc1. The normalized spacial score (nSPS) is 17.7. The number of imide groups is 1. The van der Waals surface area contributed by atoms with Gasteiger partial charge in [0, 0.05) is 5.69 Å². The van der Waals surface area contributed by atoms with Crippen molar-refractivity contribution < 1.29 is 14.0 Å². The van der Waals surface area contributed by atoms with Crippen LogP contribution in [0.15, 0.2) is 48.5 Å². The van der Waals surface area contributed by atoms with Crippen molar-refractivity contribution in [2.75, 3.05) is 10.2 Å². The molecular formula is C18H17FN2O2. The summed E-state index contributed by atoms with van der Waals surface area (Å²) in [4.78, 5) is 25.9. The van der Waals surface area contributed by atoms with Crippen LogP contribution in [0.2, 0.25) is 0 Å². The summed E-state index contributed by atoms with van der Waals surface area (Å²) in [6, 6.07) is 12.5. The van der Waals surface area contributed by atoms with Crippen molar-refractivity contribution in [2.24, 2.45) is 0 Å². The average molecular weight is 312 g/mol. The summed E-state index contributed by atoms with van der Waals surface area (Å²) in [5, 5.41) is 2.99. The molecule has 118 valence electrons. The zero-order chi connectivity index (χ0) is 16.4. The Balaban J connectivity index is 1.77. The molecule has 2 aromatic rings. The molecule has 0 aromatic heterocycles. The Kier molecular flexibility index (Phi) is 4.10. The number of halogens is 1. The first-order valence-corrected chi connectivity index (χ1v) is 7.56. The molecule has 0 unspecified atom stereocenters. The number of hydrogen-bond acceptors (Lipinski definition) is 3. The first-order chi connectivity index (χ1) is 11.1. The summed E-state index contributed by atoms with van der Waals surface area (Å²) in [6.07, 6.45) is 0.989. The van der Waals surface area contributed by atoms with Gasteiger partial charge in [-0.25, -0.2) is 9.29 Å². The van der Waals surface area contributed by atoms with Gasteiger partial charge in [0.1, 0.15) is 11.9 Å². The molecule has 0 radical (unpaired) electrons. The van der Waals surface area contributed by atoms with E-state index in [2.05, 4.69) is 5.32 Å². The summed E-state index contributed by atoms with van der Waals surface area (Å²) in [5.74, 6) is -0.871. The van der Waals surface area contributed by atoms with Gasteiger partial charge in [-0.15, -0.1) is 0 Å². The Morgan fingerprint density at radius 2 is 1.74 bits per heavy atom. The summed E-state index contributed by atoms with van der Waals surface area (Å²) in [7, 11) is 0. The van der Waals surface area contributed by atoms with Gasteiger partial charge in [-0.1, -0.05) is 19.1 Å². The Morgan fingerprint density at radius 1 is 1.09 bits per heavy atom. The standard InChI is InChI=1S/C18H17FN2O2/c1-2-12-3-9-15(10-4-12)21-17(22)11-16(18(21)23)20-14-7-5-13(19)6-8-14/h3-10,16,20H,2,11H2,1H3/t16-/m0/s1. The fourth-order valence-corrected chi connectivity index (χ4v) is 2.64. The maximum Gasteiger partial charge on any atom is 0.256 e. The number of amides is 2. The fraction of sp³-hybridized carbons (Fsp3) is 0.222. The number of aryl methyl sites for hydroxylation is 1. The zero-order valence-electron chi connectivity index (χ0n) is 12.8. The first kappa shape index (κ1) is 15.2. The van der Waals surface area contributed by atoms with Crippen molar-refractivity contribution in [3.63, 3.8) is 0 Å². The van der Waals surface area contributed by atoms with Crippen LogP contribution in [0.1, 0.15) is 18.9 Å². The molecule has 0 saturated carbocycles. The Morgan fingerprint density at radius 3 is 2.35 bits per heavy atom. The fourth-order valence-electron chi connectivity index (χ4n) is 2.64. The van der Waals surface area contributed by atoms with E-state index in [1.165, 1.54) is 17.0 Å². The first-order valence-electron chi connectivity index (χ1n) is 7.56. The average Bonchev–Trinajstić information content (AvgIpc) is 2.84. The molecule has 2 amide bonds. The van der Waals surface area contributed by atoms with Crippen LogP contribution in [0.4, 0.5) is 15.8 Å². The number of hydrogen-bond donors (Lipinski definition) is 1. The van der Waals surface area contributed by atoms with E-state index in [0.717, 1.165) is 12.0 Å². The van der Waals surface area contributed by atoms with E-state index in [-0.39, 0.29) is 24.1 Å². The minimum Gasteiger partial charge on any atom is -0.373 e. The molecule has 0 spiro atoms. The predicted molar refractivity (Wildman–Crippen MR) is 86.7 cm³/mol. The third kappa shape index (κ3) is 3.08. The van der Waals surface area contributed by atoms with Crippen molar-refractivity contribution in [2.45, 2.75) is 25.8 Å². The molecule has 1 atom stereocenters. The highest BCUT2D eigenvalue weighted by atomic mass is 19.1. The van der Waals surface area contributed by atoms with Crippen LogP contribution in [0.25, 0.3) is 0 Å². The molecule has 5 heteroatoms. The number of anilines is 2. The van der Waals surface area contributed by atoms with Crippen molar-refractivity contribution >= 4 is 23.2 Å². The summed E-state index contributed by atoms with van der Waals surface area (Å²) in [6.45, 7) is 2.05. The smallest absolute Gasteiger partial charge is 0.256 e. The van der Waals surface area contributed by atoms with E-state index in [1.54, 1.807) is 24.3 Å². The molecule has 0 aliphatic carbocycles. The van der Waals surface area contributed by atoms with Gasteiger partial charge in [-0.05, 0) is 48.4 Å². The number of carbonyl (C=O) groups excluding carboxylic acids is 2. The van der Waals surface area contributed by atoms with Crippen LogP contribution < -0.4 is 10.2 Å². The van der Waals surface area contributed by atoms with E-state index >= 15 is 0 Å². The van der Waals surface area contributed by atoms with Crippen LogP contribution in [-0.4, -0.2) is 17.9 Å². The summed E-state index contributed by atoms with van der Waals surface area (Å²) in [5.41, 5.74) is 2.34. The molecular weight excluding hydrogens is 295 g/mol. The van der Waals surface area contributed by atoms with E-state index in [0.29, 0.717) is 11.4 Å². The second-order valence-corrected chi connectivity index (χ2v) is 5.50. The van der Waals surface area contributed by atoms with Crippen LogP contribution >= 0.6 is 0 Å². The highest BCUT2D eigenvalue weighted by Gasteiger charge is 2.39. The van der Waals surface area contributed by atoms with Gasteiger partial charge in [0.2, 0.25) is 5.91 Å². The maximum atomic E-state index is 12.9. The van der Waals surface area contributed by atoms with Gasteiger partial charge in [0.15, 0.2) is 0 Å². The molecule has 1 fully saturated rings. The largest absolute Gasteiger partial charge is 0.373 e. The Bertz CT molecular complexity index is 726. The van der Waals surface area contributed by atoms with E-state index in [4.69, 9.17) is 0 Å². The molecule has 4 nitrogen and oxygen atoms in total. The van der Waals surface area contributed by atoms with Gasteiger partial charge in [0.25, 0.3) is 5.91 Å². The molecule has 1 heterocycles. The minimum atomic E-state index is -0.626. The van der Waals surface area contributed by atoms with E-state index in [9.17, 15) is 14.0 Å². The zero-order valence-corrected chi connectivity index (χ0v) is 12.8. The molecule has 1 saturated heterocycles. The van der Waals surface area contributed by atoms with Gasteiger partial charge < -0.3 is 5.32 Å². The summed E-state index contributed by atoms with van der Waals surface area (Å²) >= 11 is 0. The van der Waals surface area contributed by atoms with Crippen molar-refractivity contribution in [3.05, 3.63) is 59.9 Å². The highest BCUT2D eigenvalue weighted by molar-refractivity contribution is 6.23. The Hall–Kier alpha value is -2.69. The summed E-state index contributed by atoms with van der Waals surface area (Å²) < 4.78 is 12.9. The minimum absolute atomic E-state index is 0.0890. The topological polar surface area (TPSA) is 49.4 Å². The van der Waals surface area contributed by atoms with E-state index < -0.39 is 6.04 Å².